The lowest BCUT2D eigenvalue weighted by atomic mass is 10.1. The van der Waals surface area contributed by atoms with Gasteiger partial charge in [-0.3, -0.25) is 5.10 Å². The van der Waals surface area contributed by atoms with Gasteiger partial charge in [0, 0.05) is 12.3 Å². The summed E-state index contributed by atoms with van der Waals surface area (Å²) in [6, 6.07) is 2.07. The lowest BCUT2D eigenvalue weighted by Gasteiger charge is -2.00. The van der Waals surface area contributed by atoms with Crippen LogP contribution in [0.25, 0.3) is 0 Å². The molecule has 1 rings (SSSR count). The van der Waals surface area contributed by atoms with E-state index >= 15 is 0 Å². The van der Waals surface area contributed by atoms with Crippen molar-refractivity contribution in [3.63, 3.8) is 0 Å². The minimum atomic E-state index is 0.103. The van der Waals surface area contributed by atoms with Crippen molar-refractivity contribution < 1.29 is 0 Å². The number of aromatic amines is 1. The summed E-state index contributed by atoms with van der Waals surface area (Å²) in [4.78, 5) is 0. The Morgan fingerprint density at radius 3 is 3.00 bits per heavy atom. The second-order valence-electron chi connectivity index (χ2n) is 2.31. The van der Waals surface area contributed by atoms with Gasteiger partial charge in [-0.05, 0) is 0 Å². The van der Waals surface area contributed by atoms with E-state index in [0.29, 0.717) is 11.4 Å². The quantitative estimate of drug-likeness (QED) is 0.650. The minimum absolute atomic E-state index is 0.103. The van der Waals surface area contributed by atoms with Crippen LogP contribution >= 0.6 is 12.6 Å². The monoisotopic (exact) mass is 168 g/mol. The van der Waals surface area contributed by atoms with E-state index in [1.165, 1.54) is 0 Å². The zero-order chi connectivity index (χ0) is 8.27. The van der Waals surface area contributed by atoms with Gasteiger partial charge in [-0.2, -0.15) is 5.26 Å². The number of rotatable bonds is 2. The smallest absolute Gasteiger partial charge is 0.112 e. The van der Waals surface area contributed by atoms with Gasteiger partial charge < -0.3 is 0 Å². The Kier molecular flexibility index (Phi) is 2.49. The molecule has 0 fully saturated rings. The normalized spacial score (nSPS) is 12.5. The van der Waals surface area contributed by atoms with Crippen molar-refractivity contribution in [3.05, 3.63) is 5.69 Å². The molecule has 0 saturated carbocycles. The molecule has 1 aromatic rings. The number of hydrogen-bond acceptors (Lipinski definition) is 4. The maximum Gasteiger partial charge on any atom is 0.112 e. The zero-order valence-electron chi connectivity index (χ0n) is 6.07. The summed E-state index contributed by atoms with van der Waals surface area (Å²) in [7, 11) is 0. The molecule has 4 nitrogen and oxygen atoms in total. The topological polar surface area (TPSA) is 65.4 Å². The average Bonchev–Trinajstić information content (AvgIpc) is 2.36. The third-order valence-electron chi connectivity index (χ3n) is 1.42. The molecule has 0 aliphatic carbocycles. The Labute approximate surface area is 70.0 Å². The molecule has 0 saturated heterocycles. The number of nitrogens with zero attached hydrogens (tertiary/aromatic N) is 3. The molecule has 0 aliphatic rings. The summed E-state index contributed by atoms with van der Waals surface area (Å²) in [6.45, 7) is 1.92. The van der Waals surface area contributed by atoms with Crippen LogP contribution in [0.3, 0.4) is 0 Å². The molecule has 0 radical (unpaired) electrons. The van der Waals surface area contributed by atoms with Crippen molar-refractivity contribution in [1.82, 2.24) is 15.4 Å². The second-order valence-corrected chi connectivity index (χ2v) is 2.76. The second kappa shape index (κ2) is 3.39. The van der Waals surface area contributed by atoms with Gasteiger partial charge in [0.1, 0.15) is 5.03 Å². The number of hydrogen-bond donors (Lipinski definition) is 2. The highest BCUT2D eigenvalue weighted by Crippen LogP contribution is 2.20. The average molecular weight is 168 g/mol. The lowest BCUT2D eigenvalue weighted by molar-refractivity contribution is 0.736. The first-order valence-electron chi connectivity index (χ1n) is 3.22. The highest BCUT2D eigenvalue weighted by Gasteiger charge is 2.11. The molecular weight excluding hydrogens is 160 g/mol. The summed E-state index contributed by atoms with van der Waals surface area (Å²) in [5, 5.41) is 19.0. The van der Waals surface area contributed by atoms with Crippen LogP contribution in [0.2, 0.25) is 0 Å². The Morgan fingerprint density at radius 1 is 1.82 bits per heavy atom. The van der Waals surface area contributed by atoms with E-state index in [9.17, 15) is 0 Å². The SMILES string of the molecule is CC(CC#N)c1nn[nH]c1S. The molecule has 0 aliphatic heterocycles. The number of nitriles is 1. The molecular formula is C6H8N4S. The van der Waals surface area contributed by atoms with Gasteiger partial charge in [0.2, 0.25) is 0 Å². The largest absolute Gasteiger partial charge is 0.252 e. The van der Waals surface area contributed by atoms with Crippen LogP contribution in [0.4, 0.5) is 0 Å². The van der Waals surface area contributed by atoms with Crippen molar-refractivity contribution in [3.8, 4) is 6.07 Å². The van der Waals surface area contributed by atoms with E-state index in [-0.39, 0.29) is 5.92 Å². The number of nitrogens with one attached hydrogen (secondary N) is 1. The summed E-state index contributed by atoms with van der Waals surface area (Å²) < 4.78 is 0. The van der Waals surface area contributed by atoms with Crippen molar-refractivity contribution in [2.45, 2.75) is 24.3 Å². The predicted octanol–water partition coefficient (Wildman–Crippen LogP) is 1.11. The van der Waals surface area contributed by atoms with Crippen LogP contribution in [0, 0.1) is 11.3 Å². The van der Waals surface area contributed by atoms with Gasteiger partial charge in [-0.25, -0.2) is 0 Å². The number of aromatic nitrogens is 3. The third-order valence-corrected chi connectivity index (χ3v) is 1.75. The van der Waals surface area contributed by atoms with Crippen LogP contribution in [0.5, 0.6) is 0 Å². The zero-order valence-corrected chi connectivity index (χ0v) is 6.97. The minimum Gasteiger partial charge on any atom is -0.252 e. The van der Waals surface area contributed by atoms with Gasteiger partial charge in [0.05, 0.1) is 11.8 Å². The Bertz CT molecular complexity index is 274. The highest BCUT2D eigenvalue weighted by atomic mass is 32.1. The molecule has 5 heteroatoms. The van der Waals surface area contributed by atoms with Gasteiger partial charge in [0.15, 0.2) is 0 Å². The van der Waals surface area contributed by atoms with Gasteiger partial charge in [-0.1, -0.05) is 12.1 Å². The molecule has 1 N–H and O–H groups in total. The van der Waals surface area contributed by atoms with Gasteiger partial charge in [0.25, 0.3) is 0 Å². The number of H-pyrrole nitrogens is 1. The van der Waals surface area contributed by atoms with Gasteiger partial charge in [-0.15, -0.1) is 17.7 Å². The fourth-order valence-electron chi connectivity index (χ4n) is 0.796. The molecule has 0 bridgehead atoms. The van der Waals surface area contributed by atoms with E-state index in [1.54, 1.807) is 0 Å². The summed E-state index contributed by atoms with van der Waals surface area (Å²) in [6.07, 6.45) is 0.445. The Morgan fingerprint density at radius 2 is 2.55 bits per heavy atom. The summed E-state index contributed by atoms with van der Waals surface area (Å²) >= 11 is 4.09. The van der Waals surface area contributed by atoms with Crippen molar-refractivity contribution in [1.29, 1.82) is 5.26 Å². The first-order chi connectivity index (χ1) is 5.25. The van der Waals surface area contributed by atoms with Crippen LogP contribution in [-0.2, 0) is 0 Å². The Hall–Kier alpha value is -1.02. The van der Waals surface area contributed by atoms with E-state index in [2.05, 4.69) is 34.1 Å². The van der Waals surface area contributed by atoms with E-state index < -0.39 is 0 Å². The molecule has 0 spiro atoms. The fourth-order valence-corrected chi connectivity index (χ4v) is 1.11. The maximum atomic E-state index is 8.39. The molecule has 1 atom stereocenters. The Balaban J connectivity index is 2.77. The first-order valence-corrected chi connectivity index (χ1v) is 3.67. The molecule has 1 heterocycles. The fraction of sp³-hybridized carbons (Fsp3) is 0.500. The summed E-state index contributed by atoms with van der Waals surface area (Å²) in [5.74, 6) is 0.103. The molecule has 11 heavy (non-hydrogen) atoms. The van der Waals surface area contributed by atoms with Crippen molar-refractivity contribution in [2.75, 3.05) is 0 Å². The van der Waals surface area contributed by atoms with Crippen LogP contribution in [0.15, 0.2) is 5.03 Å². The van der Waals surface area contributed by atoms with Crippen molar-refractivity contribution >= 4 is 12.6 Å². The molecule has 1 unspecified atom stereocenters. The maximum absolute atomic E-state index is 8.39. The summed E-state index contributed by atoms with van der Waals surface area (Å²) in [5.41, 5.74) is 0.759. The predicted molar refractivity (Wildman–Crippen MR) is 42.3 cm³/mol. The van der Waals surface area contributed by atoms with Crippen LogP contribution in [-0.4, -0.2) is 15.4 Å². The highest BCUT2D eigenvalue weighted by molar-refractivity contribution is 7.80. The lowest BCUT2D eigenvalue weighted by Crippen LogP contribution is -1.93. The van der Waals surface area contributed by atoms with Crippen LogP contribution in [0.1, 0.15) is 25.0 Å². The molecule has 0 aromatic carbocycles. The van der Waals surface area contributed by atoms with Gasteiger partial charge >= 0.3 is 0 Å². The molecule has 58 valence electrons. The van der Waals surface area contributed by atoms with Crippen LogP contribution < -0.4 is 0 Å². The number of thiol groups is 1. The van der Waals surface area contributed by atoms with E-state index in [1.807, 2.05) is 6.92 Å². The van der Waals surface area contributed by atoms with E-state index in [4.69, 9.17) is 5.26 Å². The van der Waals surface area contributed by atoms with Crippen molar-refractivity contribution in [2.24, 2.45) is 0 Å². The van der Waals surface area contributed by atoms with E-state index in [0.717, 1.165) is 5.69 Å². The standard InChI is InChI=1S/C6H8N4S/c1-4(2-3-7)5-6(11)9-10-8-5/h4H,2H2,1H3,(H2,8,9,10,11). The third kappa shape index (κ3) is 1.71. The molecule has 1 aromatic heterocycles. The molecule has 0 amide bonds. The first kappa shape index (κ1) is 8.08.